The van der Waals surface area contributed by atoms with E-state index in [1.807, 2.05) is 0 Å². The molecule has 0 unspecified atom stereocenters. The van der Waals surface area contributed by atoms with Crippen LogP contribution in [-0.2, 0) is 4.74 Å². The van der Waals surface area contributed by atoms with Crippen LogP contribution in [0.3, 0.4) is 0 Å². The molecule has 1 aliphatic heterocycles. The van der Waals surface area contributed by atoms with E-state index >= 15 is 0 Å². The van der Waals surface area contributed by atoms with Crippen LogP contribution < -0.4 is 15.4 Å². The first-order valence-corrected chi connectivity index (χ1v) is 11.4. The highest BCUT2D eigenvalue weighted by Gasteiger charge is 2.27. The molecule has 1 aliphatic rings. The maximum Gasteiger partial charge on any atom is 0.323 e. The zero-order chi connectivity index (χ0) is 25.0. The van der Waals surface area contributed by atoms with E-state index in [2.05, 4.69) is 41.6 Å². The minimum atomic E-state index is -0.465. The predicted octanol–water partition coefficient (Wildman–Crippen LogP) is 3.37. The number of urea groups is 1. The van der Waals surface area contributed by atoms with E-state index in [9.17, 15) is 9.59 Å². The van der Waals surface area contributed by atoms with E-state index in [1.54, 1.807) is 51.1 Å². The molecule has 1 aromatic carbocycles. The number of hydrogen-bond donors (Lipinski definition) is 2. The average Bonchev–Trinajstić information content (AvgIpc) is 3.11. The Balaban J connectivity index is 1.86. The van der Waals surface area contributed by atoms with E-state index in [0.29, 0.717) is 47.3 Å². The van der Waals surface area contributed by atoms with Gasteiger partial charge in [0.1, 0.15) is 23.7 Å². The fourth-order valence-electron chi connectivity index (χ4n) is 3.97. The van der Waals surface area contributed by atoms with Gasteiger partial charge in [-0.05, 0) is 51.9 Å². The van der Waals surface area contributed by atoms with Gasteiger partial charge in [-0.1, -0.05) is 12.1 Å². The Morgan fingerprint density at radius 2 is 1.91 bits per heavy atom. The molecule has 0 radical (unpaired) electrons. The Labute approximate surface area is 200 Å². The molecule has 0 aliphatic carbocycles. The number of aromatic nitrogens is 1. The molecule has 0 saturated heterocycles. The van der Waals surface area contributed by atoms with Crippen molar-refractivity contribution in [3.63, 3.8) is 0 Å². The highest BCUT2D eigenvalue weighted by atomic mass is 16.5. The van der Waals surface area contributed by atoms with Crippen LogP contribution in [0, 0.1) is 19.8 Å². The van der Waals surface area contributed by atoms with E-state index in [4.69, 9.17) is 14.0 Å². The molecule has 2 N–H and O–H groups in total. The molecule has 34 heavy (non-hydrogen) atoms. The molecule has 10 nitrogen and oxygen atoms in total. The number of carbonyl (C=O) groups is 2. The summed E-state index contributed by atoms with van der Waals surface area (Å²) in [5, 5.41) is 9.34. The number of hydrogen-bond acceptors (Lipinski definition) is 7. The van der Waals surface area contributed by atoms with Crippen molar-refractivity contribution in [1.29, 1.82) is 0 Å². The predicted molar refractivity (Wildman–Crippen MR) is 130 cm³/mol. The number of amides is 3. The summed E-state index contributed by atoms with van der Waals surface area (Å²) in [6, 6.07) is 4.72. The fraction of sp³-hybridized carbons (Fsp3) is 0.542. The molecule has 1 aromatic heterocycles. The first-order chi connectivity index (χ1) is 16.1. The monoisotopic (exact) mass is 473 g/mol. The van der Waals surface area contributed by atoms with E-state index < -0.39 is 6.03 Å². The van der Waals surface area contributed by atoms with E-state index in [-0.39, 0.29) is 24.0 Å². The van der Waals surface area contributed by atoms with Gasteiger partial charge in [-0.3, -0.25) is 9.69 Å². The summed E-state index contributed by atoms with van der Waals surface area (Å²) in [5.74, 6) is 0.987. The number of carbonyl (C=O) groups excluding carboxylic acids is 2. The second-order valence-corrected chi connectivity index (χ2v) is 9.03. The molecule has 10 heteroatoms. The third-order valence-corrected chi connectivity index (χ3v) is 6.29. The molecular formula is C24H35N5O5. The second-order valence-electron chi connectivity index (χ2n) is 9.03. The third-order valence-electron chi connectivity index (χ3n) is 6.29. The summed E-state index contributed by atoms with van der Waals surface area (Å²) in [7, 11) is 5.47. The number of aryl methyl sites for hydroxylation is 2. The van der Waals surface area contributed by atoms with Crippen molar-refractivity contribution in [3.05, 3.63) is 35.2 Å². The molecule has 0 bridgehead atoms. The number of nitrogens with zero attached hydrogens (tertiary/aromatic N) is 3. The topological polar surface area (TPSA) is 109 Å². The number of ether oxygens (including phenoxy) is 2. The van der Waals surface area contributed by atoms with Gasteiger partial charge >= 0.3 is 6.03 Å². The Morgan fingerprint density at radius 3 is 2.56 bits per heavy atom. The maximum atomic E-state index is 13.4. The zero-order valence-electron chi connectivity index (χ0n) is 21.0. The van der Waals surface area contributed by atoms with Crippen LogP contribution in [0.25, 0.3) is 0 Å². The molecule has 0 spiro atoms. The SMILES string of the molecule is CO[C@H]1CN(C)C(=O)c2cc(NC(=O)Nc3c(C)noc3C)ccc2OC[C@H](C)N(C)C[C@H]1C. The van der Waals surface area contributed by atoms with E-state index in [0.717, 1.165) is 6.54 Å². The van der Waals surface area contributed by atoms with Crippen molar-refractivity contribution in [3.8, 4) is 5.75 Å². The number of methoxy groups -OCH3 is 1. The van der Waals surface area contributed by atoms with Crippen molar-refractivity contribution < 1.29 is 23.6 Å². The van der Waals surface area contributed by atoms with Crippen LogP contribution >= 0.6 is 0 Å². The fourth-order valence-corrected chi connectivity index (χ4v) is 3.97. The molecule has 3 rings (SSSR count). The smallest absolute Gasteiger partial charge is 0.323 e. The van der Waals surface area contributed by atoms with Crippen molar-refractivity contribution in [1.82, 2.24) is 15.0 Å². The minimum Gasteiger partial charge on any atom is -0.491 e. The van der Waals surface area contributed by atoms with Crippen molar-refractivity contribution in [2.24, 2.45) is 5.92 Å². The van der Waals surface area contributed by atoms with Gasteiger partial charge in [-0.15, -0.1) is 0 Å². The molecule has 0 fully saturated rings. The summed E-state index contributed by atoms with van der Waals surface area (Å²) in [6.45, 7) is 9.34. The minimum absolute atomic E-state index is 0.116. The van der Waals surface area contributed by atoms with Crippen LogP contribution in [0.2, 0.25) is 0 Å². The summed E-state index contributed by atoms with van der Waals surface area (Å²) in [5.41, 5.74) is 1.93. The Hall–Kier alpha value is -3.11. The largest absolute Gasteiger partial charge is 0.491 e. The van der Waals surface area contributed by atoms with Crippen LogP contribution in [-0.4, -0.2) is 79.9 Å². The number of rotatable bonds is 3. The Kier molecular flexibility index (Phi) is 8.16. The first-order valence-electron chi connectivity index (χ1n) is 11.4. The van der Waals surface area contributed by atoms with Gasteiger partial charge in [0.2, 0.25) is 0 Å². The summed E-state index contributed by atoms with van der Waals surface area (Å²) in [6.07, 6.45) is -0.116. The lowest BCUT2D eigenvalue weighted by molar-refractivity contribution is 0.0150. The average molecular weight is 474 g/mol. The van der Waals surface area contributed by atoms with Gasteiger partial charge < -0.3 is 29.5 Å². The quantitative estimate of drug-likeness (QED) is 0.703. The lowest BCUT2D eigenvalue weighted by Gasteiger charge is -2.34. The second kappa shape index (κ2) is 10.9. The van der Waals surface area contributed by atoms with Crippen molar-refractivity contribution >= 4 is 23.3 Å². The van der Waals surface area contributed by atoms with Crippen LogP contribution in [0.4, 0.5) is 16.2 Å². The normalized spacial score (nSPS) is 22.3. The van der Waals surface area contributed by atoms with Crippen molar-refractivity contribution in [2.45, 2.75) is 39.8 Å². The Morgan fingerprint density at radius 1 is 1.18 bits per heavy atom. The Bertz CT molecular complexity index is 1000. The number of likely N-dealkylation sites (N-methyl/N-ethyl adjacent to an activating group) is 2. The van der Waals surface area contributed by atoms with Gasteiger partial charge in [0, 0.05) is 39.0 Å². The highest BCUT2D eigenvalue weighted by molar-refractivity contribution is 6.02. The molecular weight excluding hydrogens is 438 g/mol. The number of fused-ring (bicyclic) bond motifs is 1. The molecule has 0 saturated carbocycles. The molecule has 3 amide bonds. The van der Waals surface area contributed by atoms with Gasteiger partial charge in [0.25, 0.3) is 5.91 Å². The van der Waals surface area contributed by atoms with Crippen LogP contribution in [0.1, 0.15) is 35.7 Å². The maximum absolute atomic E-state index is 13.4. The van der Waals surface area contributed by atoms with Gasteiger partial charge in [0.05, 0.1) is 11.7 Å². The summed E-state index contributed by atoms with van der Waals surface area (Å²) >= 11 is 0. The van der Waals surface area contributed by atoms with Crippen molar-refractivity contribution in [2.75, 3.05) is 51.5 Å². The van der Waals surface area contributed by atoms with Crippen LogP contribution in [0.15, 0.2) is 22.7 Å². The van der Waals surface area contributed by atoms with E-state index in [1.165, 1.54) is 0 Å². The van der Waals surface area contributed by atoms with Crippen LogP contribution in [0.5, 0.6) is 5.75 Å². The highest BCUT2D eigenvalue weighted by Crippen LogP contribution is 2.27. The first kappa shape index (κ1) is 25.5. The van der Waals surface area contributed by atoms with Gasteiger partial charge in [-0.2, -0.15) is 0 Å². The molecule has 2 aromatic rings. The molecule has 3 atom stereocenters. The number of anilines is 2. The standard InChI is InChI=1S/C24H35N5O5/c1-14-11-28(5)15(2)13-33-20-9-8-18(10-19(20)23(30)29(6)12-21(14)32-7)25-24(31)26-22-16(3)27-34-17(22)4/h8-10,14-15,21H,11-13H2,1-7H3,(H2,25,26,31)/t14-,15+,21+/m1/s1. The summed E-state index contributed by atoms with van der Waals surface area (Å²) < 4.78 is 16.9. The third kappa shape index (κ3) is 5.87. The number of nitrogens with one attached hydrogen (secondary N) is 2. The molecule has 2 heterocycles. The van der Waals surface area contributed by atoms with Gasteiger partial charge in [-0.25, -0.2) is 4.79 Å². The zero-order valence-corrected chi connectivity index (χ0v) is 21.0. The number of benzene rings is 1. The lowest BCUT2D eigenvalue weighted by atomic mass is 10.0. The summed E-state index contributed by atoms with van der Waals surface area (Å²) in [4.78, 5) is 29.8. The molecule has 186 valence electrons. The van der Waals surface area contributed by atoms with Gasteiger partial charge in [0.15, 0.2) is 5.76 Å². The lowest BCUT2D eigenvalue weighted by Crippen LogP contribution is -2.45.